The summed E-state index contributed by atoms with van der Waals surface area (Å²) < 4.78 is 16.2. The van der Waals surface area contributed by atoms with E-state index in [0.717, 1.165) is 30.0 Å². The summed E-state index contributed by atoms with van der Waals surface area (Å²) in [6, 6.07) is 3.76. The first-order chi connectivity index (χ1) is 10.1. The lowest BCUT2D eigenvalue weighted by Crippen LogP contribution is -2.50. The van der Waals surface area contributed by atoms with E-state index < -0.39 is 5.60 Å². The summed E-state index contributed by atoms with van der Waals surface area (Å²) in [7, 11) is 1.63. The molecule has 0 radical (unpaired) electrons. The van der Waals surface area contributed by atoms with Crippen LogP contribution in [-0.2, 0) is 6.54 Å². The first kappa shape index (κ1) is 14.4. The Labute approximate surface area is 123 Å². The van der Waals surface area contributed by atoms with Crippen molar-refractivity contribution in [2.45, 2.75) is 25.0 Å². The highest BCUT2D eigenvalue weighted by molar-refractivity contribution is 5.51. The molecule has 3 rings (SSSR count). The second-order valence-corrected chi connectivity index (χ2v) is 5.71. The third kappa shape index (κ3) is 2.92. The van der Waals surface area contributed by atoms with Gasteiger partial charge < -0.3 is 24.4 Å². The van der Waals surface area contributed by atoms with Gasteiger partial charge in [-0.1, -0.05) is 0 Å². The highest BCUT2D eigenvalue weighted by Gasteiger charge is 2.33. The van der Waals surface area contributed by atoms with Crippen LogP contribution in [0.3, 0.4) is 0 Å². The lowest BCUT2D eigenvalue weighted by molar-refractivity contribution is -0.0688. The number of β-amino-alcohol motifs (C(OH)–C–C–N with tert-alkyl or cyclic N) is 1. The van der Waals surface area contributed by atoms with Crippen molar-refractivity contribution in [1.82, 2.24) is 4.90 Å². The van der Waals surface area contributed by atoms with E-state index in [9.17, 15) is 10.2 Å². The Morgan fingerprint density at radius 2 is 2.10 bits per heavy atom. The maximum absolute atomic E-state index is 10.2. The maximum atomic E-state index is 10.2. The van der Waals surface area contributed by atoms with Crippen LogP contribution in [-0.4, -0.2) is 54.3 Å². The Balaban J connectivity index is 1.78. The van der Waals surface area contributed by atoms with Crippen LogP contribution in [0.25, 0.3) is 0 Å². The quantitative estimate of drug-likeness (QED) is 0.854. The standard InChI is InChI=1S/C15H21NO5/c1-19-12-6-14-13(20-10-21-14)5-11(12)7-16-4-2-3-15(18,8-16)9-17/h5-6,17-18H,2-4,7-10H2,1H3/t15-/m0/s1. The van der Waals surface area contributed by atoms with Gasteiger partial charge in [-0.2, -0.15) is 0 Å². The Bertz CT molecular complexity index is 521. The number of aliphatic hydroxyl groups is 2. The van der Waals surface area contributed by atoms with Crippen molar-refractivity contribution < 1.29 is 24.4 Å². The van der Waals surface area contributed by atoms with E-state index in [1.54, 1.807) is 7.11 Å². The highest BCUT2D eigenvalue weighted by atomic mass is 16.7. The molecule has 1 aromatic carbocycles. The fourth-order valence-corrected chi connectivity index (χ4v) is 2.99. The van der Waals surface area contributed by atoms with Crippen molar-refractivity contribution in [3.63, 3.8) is 0 Å². The lowest BCUT2D eigenvalue weighted by Gasteiger charge is -2.38. The molecule has 0 aliphatic carbocycles. The molecule has 0 bridgehead atoms. The predicted molar refractivity (Wildman–Crippen MR) is 75.7 cm³/mol. The maximum Gasteiger partial charge on any atom is 0.231 e. The van der Waals surface area contributed by atoms with Gasteiger partial charge in [-0.15, -0.1) is 0 Å². The molecule has 1 saturated heterocycles. The minimum Gasteiger partial charge on any atom is -0.496 e. The highest BCUT2D eigenvalue weighted by Crippen LogP contribution is 2.38. The van der Waals surface area contributed by atoms with Gasteiger partial charge in [0, 0.05) is 24.7 Å². The van der Waals surface area contributed by atoms with E-state index in [-0.39, 0.29) is 13.4 Å². The molecule has 0 unspecified atom stereocenters. The van der Waals surface area contributed by atoms with Gasteiger partial charge in [0.2, 0.25) is 6.79 Å². The number of piperidine rings is 1. The van der Waals surface area contributed by atoms with Gasteiger partial charge in [0.1, 0.15) is 11.4 Å². The molecule has 2 heterocycles. The topological polar surface area (TPSA) is 71.4 Å². The number of methoxy groups -OCH3 is 1. The largest absolute Gasteiger partial charge is 0.496 e. The molecule has 6 nitrogen and oxygen atoms in total. The van der Waals surface area contributed by atoms with Crippen molar-refractivity contribution in [3.8, 4) is 17.2 Å². The van der Waals surface area contributed by atoms with Crippen LogP contribution in [0.5, 0.6) is 17.2 Å². The number of benzene rings is 1. The summed E-state index contributed by atoms with van der Waals surface area (Å²) in [5.41, 5.74) is -0.00843. The van der Waals surface area contributed by atoms with Crippen LogP contribution in [0.4, 0.5) is 0 Å². The van der Waals surface area contributed by atoms with Gasteiger partial charge in [0.25, 0.3) is 0 Å². The van der Waals surface area contributed by atoms with E-state index in [2.05, 4.69) is 4.90 Å². The molecule has 2 aliphatic heterocycles. The summed E-state index contributed by atoms with van der Waals surface area (Å²) in [4.78, 5) is 2.12. The van der Waals surface area contributed by atoms with Crippen LogP contribution < -0.4 is 14.2 Å². The molecule has 0 aromatic heterocycles. The molecule has 0 amide bonds. The van der Waals surface area contributed by atoms with Gasteiger partial charge in [-0.05, 0) is 25.5 Å². The number of nitrogens with zero attached hydrogens (tertiary/aromatic N) is 1. The average molecular weight is 295 g/mol. The Hall–Kier alpha value is -1.50. The smallest absolute Gasteiger partial charge is 0.231 e. The zero-order valence-electron chi connectivity index (χ0n) is 12.2. The Morgan fingerprint density at radius 3 is 2.81 bits per heavy atom. The molecular weight excluding hydrogens is 274 g/mol. The van der Waals surface area contributed by atoms with Crippen molar-refractivity contribution in [3.05, 3.63) is 17.7 Å². The molecule has 116 valence electrons. The van der Waals surface area contributed by atoms with E-state index in [4.69, 9.17) is 14.2 Å². The van der Waals surface area contributed by atoms with E-state index >= 15 is 0 Å². The summed E-state index contributed by atoms with van der Waals surface area (Å²) in [5, 5.41) is 19.6. The van der Waals surface area contributed by atoms with Gasteiger partial charge in [-0.25, -0.2) is 0 Å². The molecule has 21 heavy (non-hydrogen) atoms. The van der Waals surface area contributed by atoms with Crippen LogP contribution in [0.15, 0.2) is 12.1 Å². The number of hydrogen-bond acceptors (Lipinski definition) is 6. The number of likely N-dealkylation sites (tertiary alicyclic amines) is 1. The third-order valence-corrected chi connectivity index (χ3v) is 4.10. The molecule has 1 fully saturated rings. The summed E-state index contributed by atoms with van der Waals surface area (Å²) in [5.74, 6) is 2.17. The number of hydrogen-bond donors (Lipinski definition) is 2. The number of ether oxygens (including phenoxy) is 3. The van der Waals surface area contributed by atoms with Gasteiger partial charge in [-0.3, -0.25) is 4.90 Å². The van der Waals surface area contributed by atoms with Gasteiger partial charge >= 0.3 is 0 Å². The average Bonchev–Trinajstić information content (AvgIpc) is 2.93. The number of fused-ring (bicyclic) bond motifs is 1. The number of rotatable bonds is 4. The van der Waals surface area contributed by atoms with Crippen molar-refractivity contribution in [2.24, 2.45) is 0 Å². The fourth-order valence-electron chi connectivity index (χ4n) is 2.99. The summed E-state index contributed by atoms with van der Waals surface area (Å²) >= 11 is 0. The van der Waals surface area contributed by atoms with Crippen molar-refractivity contribution in [1.29, 1.82) is 0 Å². The van der Waals surface area contributed by atoms with E-state index in [1.807, 2.05) is 12.1 Å². The van der Waals surface area contributed by atoms with Crippen LogP contribution in [0.1, 0.15) is 18.4 Å². The fraction of sp³-hybridized carbons (Fsp3) is 0.600. The van der Waals surface area contributed by atoms with Gasteiger partial charge in [0.15, 0.2) is 11.5 Å². The second kappa shape index (κ2) is 5.71. The lowest BCUT2D eigenvalue weighted by atomic mass is 9.93. The summed E-state index contributed by atoms with van der Waals surface area (Å²) in [6.45, 7) is 2.01. The van der Waals surface area contributed by atoms with Crippen molar-refractivity contribution >= 4 is 0 Å². The van der Waals surface area contributed by atoms with Crippen LogP contribution in [0.2, 0.25) is 0 Å². The first-order valence-corrected chi connectivity index (χ1v) is 7.16. The minimum absolute atomic E-state index is 0.207. The zero-order chi connectivity index (χ0) is 14.9. The normalized spacial score (nSPS) is 25.1. The molecule has 6 heteroatoms. The molecule has 2 N–H and O–H groups in total. The molecular formula is C15H21NO5. The first-order valence-electron chi connectivity index (χ1n) is 7.16. The molecule has 1 aromatic rings. The molecule has 1 atom stereocenters. The molecule has 0 saturated carbocycles. The summed E-state index contributed by atoms with van der Waals surface area (Å²) in [6.07, 6.45) is 1.50. The zero-order valence-corrected chi connectivity index (χ0v) is 12.2. The number of aliphatic hydroxyl groups excluding tert-OH is 1. The third-order valence-electron chi connectivity index (χ3n) is 4.10. The monoisotopic (exact) mass is 295 g/mol. The predicted octanol–water partition coefficient (Wildman–Crippen LogP) is 0.743. The molecule has 0 spiro atoms. The minimum atomic E-state index is -0.998. The van der Waals surface area contributed by atoms with Crippen molar-refractivity contribution in [2.75, 3.05) is 33.6 Å². The van der Waals surface area contributed by atoms with Crippen LogP contribution >= 0.6 is 0 Å². The van der Waals surface area contributed by atoms with E-state index in [1.165, 1.54) is 0 Å². The van der Waals surface area contributed by atoms with Crippen LogP contribution in [0, 0.1) is 0 Å². The van der Waals surface area contributed by atoms with E-state index in [0.29, 0.717) is 25.3 Å². The van der Waals surface area contributed by atoms with Gasteiger partial charge in [0.05, 0.1) is 13.7 Å². The molecule has 2 aliphatic rings. The SMILES string of the molecule is COc1cc2c(cc1CN1CCC[C@@](O)(CO)C1)OCO2. The Morgan fingerprint density at radius 1 is 1.33 bits per heavy atom. The Kier molecular flexibility index (Phi) is 3.93. The second-order valence-electron chi connectivity index (χ2n) is 5.71.